The molecule has 2 N–H and O–H groups in total. The molecule has 2 aromatic carbocycles. The van der Waals surface area contributed by atoms with Crippen LogP contribution >= 0.6 is 11.8 Å². The number of hydrogen-bond donors (Lipinski definition) is 2. The number of aryl methyl sites for hydroxylation is 1. The van der Waals surface area contributed by atoms with E-state index in [-0.39, 0.29) is 23.3 Å². The largest absolute Gasteiger partial charge is 0.497 e. The van der Waals surface area contributed by atoms with Crippen molar-refractivity contribution in [1.82, 2.24) is 0 Å². The summed E-state index contributed by atoms with van der Waals surface area (Å²) in [6.45, 7) is 1.99. The third-order valence-corrected chi connectivity index (χ3v) is 4.11. The standard InChI is InChI=1S/C18H20N2O3S/c1-13-3-5-14(6-4-13)19-17(21)11-24-12-18(22)20-15-7-9-16(23-2)10-8-15/h3-10H,11-12H2,1-2H3,(H,19,21)(H,20,22). The Bertz CT molecular complexity index is 684. The highest BCUT2D eigenvalue weighted by molar-refractivity contribution is 8.00. The average molecular weight is 344 g/mol. The van der Waals surface area contributed by atoms with Gasteiger partial charge in [-0.1, -0.05) is 17.7 Å². The highest BCUT2D eigenvalue weighted by Gasteiger charge is 2.07. The molecule has 2 aromatic rings. The summed E-state index contributed by atoms with van der Waals surface area (Å²) in [5.74, 6) is 0.904. The summed E-state index contributed by atoms with van der Waals surface area (Å²) in [6, 6.07) is 14.7. The molecule has 0 radical (unpaired) electrons. The predicted molar refractivity (Wildman–Crippen MR) is 98.8 cm³/mol. The summed E-state index contributed by atoms with van der Waals surface area (Å²) in [4.78, 5) is 23.7. The first-order valence-electron chi connectivity index (χ1n) is 7.45. The van der Waals surface area contributed by atoms with E-state index >= 15 is 0 Å². The lowest BCUT2D eigenvalue weighted by Gasteiger charge is -2.07. The van der Waals surface area contributed by atoms with Gasteiger partial charge in [0.1, 0.15) is 5.75 Å². The summed E-state index contributed by atoms with van der Waals surface area (Å²) >= 11 is 1.27. The summed E-state index contributed by atoms with van der Waals surface area (Å²) in [7, 11) is 1.59. The zero-order valence-corrected chi connectivity index (χ0v) is 14.5. The number of methoxy groups -OCH3 is 1. The molecule has 0 saturated carbocycles. The van der Waals surface area contributed by atoms with E-state index in [1.807, 2.05) is 31.2 Å². The van der Waals surface area contributed by atoms with Crippen LogP contribution in [-0.2, 0) is 9.59 Å². The van der Waals surface area contributed by atoms with Gasteiger partial charge in [0.05, 0.1) is 18.6 Å². The van der Waals surface area contributed by atoms with Crippen LogP contribution in [0.2, 0.25) is 0 Å². The monoisotopic (exact) mass is 344 g/mol. The van der Waals surface area contributed by atoms with E-state index in [0.29, 0.717) is 5.69 Å². The molecule has 0 aromatic heterocycles. The lowest BCUT2D eigenvalue weighted by atomic mass is 10.2. The normalized spacial score (nSPS) is 10.1. The topological polar surface area (TPSA) is 67.4 Å². The molecule has 5 nitrogen and oxygen atoms in total. The van der Waals surface area contributed by atoms with Crippen LogP contribution in [0.3, 0.4) is 0 Å². The van der Waals surface area contributed by atoms with Crippen LogP contribution in [0.4, 0.5) is 11.4 Å². The minimum absolute atomic E-state index is 0.124. The second-order valence-electron chi connectivity index (χ2n) is 5.18. The first kappa shape index (κ1) is 17.9. The van der Waals surface area contributed by atoms with Gasteiger partial charge in [0.2, 0.25) is 11.8 Å². The molecule has 0 saturated heterocycles. The summed E-state index contributed by atoms with van der Waals surface area (Å²) < 4.78 is 5.06. The maximum Gasteiger partial charge on any atom is 0.234 e. The van der Waals surface area contributed by atoms with Crippen molar-refractivity contribution in [2.45, 2.75) is 6.92 Å². The van der Waals surface area contributed by atoms with Crippen LogP contribution in [0.25, 0.3) is 0 Å². The van der Waals surface area contributed by atoms with Crippen molar-refractivity contribution in [3.05, 3.63) is 54.1 Å². The van der Waals surface area contributed by atoms with Gasteiger partial charge in [-0.25, -0.2) is 0 Å². The van der Waals surface area contributed by atoms with E-state index in [1.54, 1.807) is 31.4 Å². The molecule has 0 aliphatic rings. The van der Waals surface area contributed by atoms with E-state index in [4.69, 9.17) is 4.74 Å². The summed E-state index contributed by atoms with van der Waals surface area (Å²) in [5, 5.41) is 5.58. The van der Waals surface area contributed by atoms with Gasteiger partial charge in [-0.3, -0.25) is 9.59 Å². The van der Waals surface area contributed by atoms with E-state index in [1.165, 1.54) is 11.8 Å². The molecular formula is C18H20N2O3S. The fourth-order valence-corrected chi connectivity index (χ4v) is 2.56. The van der Waals surface area contributed by atoms with Crippen LogP contribution in [0.1, 0.15) is 5.56 Å². The van der Waals surface area contributed by atoms with Crippen molar-refractivity contribution in [2.24, 2.45) is 0 Å². The Morgan fingerprint density at radius 1 is 0.875 bits per heavy atom. The number of benzene rings is 2. The van der Waals surface area contributed by atoms with Crippen molar-refractivity contribution in [1.29, 1.82) is 0 Å². The molecule has 0 fully saturated rings. The Morgan fingerprint density at radius 2 is 1.33 bits per heavy atom. The predicted octanol–water partition coefficient (Wildman–Crippen LogP) is 3.31. The molecular weight excluding hydrogens is 324 g/mol. The van der Waals surface area contributed by atoms with Crippen LogP contribution in [0, 0.1) is 6.92 Å². The minimum Gasteiger partial charge on any atom is -0.497 e. The van der Waals surface area contributed by atoms with Crippen molar-refractivity contribution in [3.63, 3.8) is 0 Å². The van der Waals surface area contributed by atoms with Gasteiger partial charge in [-0.2, -0.15) is 0 Å². The van der Waals surface area contributed by atoms with Gasteiger partial charge in [-0.05, 0) is 43.3 Å². The molecule has 24 heavy (non-hydrogen) atoms. The Hall–Kier alpha value is -2.47. The molecule has 2 amide bonds. The first-order chi connectivity index (χ1) is 11.6. The van der Waals surface area contributed by atoms with Gasteiger partial charge < -0.3 is 15.4 Å². The molecule has 0 bridgehead atoms. The molecule has 0 aliphatic heterocycles. The zero-order valence-electron chi connectivity index (χ0n) is 13.7. The fraction of sp³-hybridized carbons (Fsp3) is 0.222. The Balaban J connectivity index is 1.69. The molecule has 0 unspecified atom stereocenters. The average Bonchev–Trinajstić information content (AvgIpc) is 2.57. The number of amides is 2. The number of thioether (sulfide) groups is 1. The SMILES string of the molecule is COc1ccc(NC(=O)CSCC(=O)Nc2ccc(C)cc2)cc1. The molecule has 0 heterocycles. The van der Waals surface area contributed by atoms with E-state index in [0.717, 1.165) is 17.0 Å². The second kappa shape index (κ2) is 8.98. The maximum atomic E-state index is 11.8. The number of anilines is 2. The fourth-order valence-electron chi connectivity index (χ4n) is 1.94. The molecule has 2 rings (SSSR count). The number of hydrogen-bond acceptors (Lipinski definition) is 4. The van der Waals surface area contributed by atoms with Gasteiger partial charge in [0.15, 0.2) is 0 Å². The highest BCUT2D eigenvalue weighted by Crippen LogP contribution is 2.15. The van der Waals surface area contributed by atoms with Crippen LogP contribution in [0.15, 0.2) is 48.5 Å². The number of carbonyl (C=O) groups excluding carboxylic acids is 2. The highest BCUT2D eigenvalue weighted by atomic mass is 32.2. The van der Waals surface area contributed by atoms with Crippen molar-refractivity contribution in [3.8, 4) is 5.75 Å². The van der Waals surface area contributed by atoms with Crippen molar-refractivity contribution >= 4 is 35.0 Å². The molecule has 6 heteroatoms. The molecule has 0 aliphatic carbocycles. The summed E-state index contributed by atoms with van der Waals surface area (Å²) in [5.41, 5.74) is 2.59. The Kier molecular flexibility index (Phi) is 6.69. The minimum atomic E-state index is -0.145. The molecule has 0 atom stereocenters. The van der Waals surface area contributed by atoms with Gasteiger partial charge in [0.25, 0.3) is 0 Å². The van der Waals surface area contributed by atoms with Crippen molar-refractivity contribution in [2.75, 3.05) is 29.2 Å². The number of rotatable bonds is 7. The smallest absolute Gasteiger partial charge is 0.234 e. The van der Waals surface area contributed by atoms with E-state index in [2.05, 4.69) is 10.6 Å². The lowest BCUT2D eigenvalue weighted by molar-refractivity contribution is -0.114. The zero-order chi connectivity index (χ0) is 17.4. The van der Waals surface area contributed by atoms with Gasteiger partial charge in [-0.15, -0.1) is 11.8 Å². The Morgan fingerprint density at radius 3 is 1.79 bits per heavy atom. The van der Waals surface area contributed by atoms with Gasteiger partial charge in [0, 0.05) is 11.4 Å². The lowest BCUT2D eigenvalue weighted by Crippen LogP contribution is -2.18. The van der Waals surface area contributed by atoms with Crippen LogP contribution in [-0.4, -0.2) is 30.4 Å². The number of nitrogens with one attached hydrogen (secondary N) is 2. The van der Waals surface area contributed by atoms with E-state index < -0.39 is 0 Å². The third-order valence-electron chi connectivity index (χ3n) is 3.18. The molecule has 0 spiro atoms. The maximum absolute atomic E-state index is 11.8. The first-order valence-corrected chi connectivity index (χ1v) is 8.60. The number of ether oxygens (including phenoxy) is 1. The quantitative estimate of drug-likeness (QED) is 0.809. The third kappa shape index (κ3) is 5.96. The van der Waals surface area contributed by atoms with Crippen LogP contribution < -0.4 is 15.4 Å². The van der Waals surface area contributed by atoms with Crippen molar-refractivity contribution < 1.29 is 14.3 Å². The second-order valence-corrected chi connectivity index (χ2v) is 6.17. The van der Waals surface area contributed by atoms with Gasteiger partial charge >= 0.3 is 0 Å². The Labute approximate surface area is 145 Å². The van der Waals surface area contributed by atoms with Crippen LogP contribution in [0.5, 0.6) is 5.75 Å². The summed E-state index contributed by atoms with van der Waals surface area (Å²) in [6.07, 6.45) is 0. The molecule has 126 valence electrons. The van der Waals surface area contributed by atoms with E-state index in [9.17, 15) is 9.59 Å². The number of carbonyl (C=O) groups is 2.